The lowest BCUT2D eigenvalue weighted by molar-refractivity contribution is -0.145. The minimum atomic E-state index is -0.885. The number of nitrogens with two attached hydrogens (primary N) is 2. The van der Waals surface area contributed by atoms with E-state index in [0.29, 0.717) is 6.54 Å². The first kappa shape index (κ1) is 25.9. The maximum absolute atomic E-state index is 11.4. The van der Waals surface area contributed by atoms with Crippen molar-refractivity contribution in [3.05, 3.63) is 0 Å². The Balaban J connectivity index is 0. The number of carboxylic acids is 1. The average molecular weight is 366 g/mol. The van der Waals surface area contributed by atoms with Gasteiger partial charge in [-0.1, -0.05) is 64.7 Å². The fourth-order valence-electron chi connectivity index (χ4n) is 3.05. The Morgan fingerprint density at radius 1 is 0.917 bits per heavy atom. The highest BCUT2D eigenvalue weighted by Gasteiger charge is 2.30. The Morgan fingerprint density at radius 2 is 1.33 bits per heavy atom. The lowest BCUT2D eigenvalue weighted by Crippen LogP contribution is -2.57. The van der Waals surface area contributed by atoms with Crippen LogP contribution in [-0.2, 0) is 4.79 Å². The summed E-state index contributed by atoms with van der Waals surface area (Å²) < 4.78 is 0. The Hall–Kier alpha value is -0.360. The molecule has 0 amide bonds. The van der Waals surface area contributed by atoms with Crippen LogP contribution in [0.4, 0.5) is 0 Å². The molecule has 0 saturated carbocycles. The number of carboxylic acid groups (broad SMARTS) is 1. The van der Waals surface area contributed by atoms with Crippen molar-refractivity contribution >= 4 is 18.4 Å². The predicted molar refractivity (Wildman–Crippen MR) is 105 cm³/mol. The van der Waals surface area contributed by atoms with Gasteiger partial charge in [0.1, 0.15) is 6.04 Å². The monoisotopic (exact) mass is 365 g/mol. The molecule has 3 atom stereocenters. The van der Waals surface area contributed by atoms with Crippen molar-refractivity contribution < 1.29 is 9.90 Å². The molecule has 0 saturated heterocycles. The highest BCUT2D eigenvalue weighted by molar-refractivity contribution is 5.85. The third-order valence-corrected chi connectivity index (χ3v) is 4.40. The van der Waals surface area contributed by atoms with Crippen molar-refractivity contribution in [3.8, 4) is 0 Å². The number of hydrogen-bond acceptors (Lipinski definition) is 4. The van der Waals surface area contributed by atoms with Crippen LogP contribution in [0.15, 0.2) is 0 Å². The van der Waals surface area contributed by atoms with Gasteiger partial charge in [-0.2, -0.15) is 0 Å². The fraction of sp³-hybridized carbons (Fsp3) is 0.944. The van der Waals surface area contributed by atoms with Crippen LogP contribution in [0.3, 0.4) is 0 Å². The van der Waals surface area contributed by atoms with E-state index < -0.39 is 18.1 Å². The summed E-state index contributed by atoms with van der Waals surface area (Å²) in [5.41, 5.74) is 11.8. The van der Waals surface area contributed by atoms with E-state index in [1.165, 1.54) is 51.4 Å². The zero-order valence-corrected chi connectivity index (χ0v) is 16.7. The molecule has 0 rings (SSSR count). The largest absolute Gasteiger partial charge is 0.480 e. The smallest absolute Gasteiger partial charge is 0.322 e. The van der Waals surface area contributed by atoms with Gasteiger partial charge >= 0.3 is 5.97 Å². The molecule has 5 N–H and O–H groups in total. The van der Waals surface area contributed by atoms with Crippen molar-refractivity contribution in [1.29, 1.82) is 0 Å². The van der Waals surface area contributed by atoms with E-state index in [0.717, 1.165) is 12.8 Å². The predicted octanol–water partition coefficient (Wildman–Crippen LogP) is 3.74. The van der Waals surface area contributed by atoms with Crippen LogP contribution in [0, 0.1) is 0 Å². The molecule has 0 heterocycles. The van der Waals surface area contributed by atoms with E-state index in [4.69, 9.17) is 11.5 Å². The molecule has 0 aromatic rings. The van der Waals surface area contributed by atoms with Gasteiger partial charge in [-0.3, -0.25) is 9.69 Å². The van der Waals surface area contributed by atoms with Gasteiger partial charge < -0.3 is 16.6 Å². The Bertz CT molecular complexity index is 302. The highest BCUT2D eigenvalue weighted by Crippen LogP contribution is 2.13. The minimum absolute atomic E-state index is 0. The first-order valence-corrected chi connectivity index (χ1v) is 9.41. The van der Waals surface area contributed by atoms with Crippen LogP contribution >= 0.6 is 12.4 Å². The van der Waals surface area contributed by atoms with E-state index in [2.05, 4.69) is 6.92 Å². The summed E-state index contributed by atoms with van der Waals surface area (Å²) in [5, 5.41) is 9.35. The molecule has 0 spiro atoms. The number of unbranched alkanes of at least 4 members (excludes halogenated alkanes) is 9. The van der Waals surface area contributed by atoms with Crippen LogP contribution in [0.2, 0.25) is 0 Å². The van der Waals surface area contributed by atoms with Gasteiger partial charge in [0.05, 0.1) is 6.17 Å². The molecule has 3 unspecified atom stereocenters. The van der Waals surface area contributed by atoms with Crippen LogP contribution in [-0.4, -0.2) is 40.8 Å². The molecule has 0 aliphatic rings. The number of nitrogens with zero attached hydrogens (tertiary/aromatic N) is 1. The van der Waals surface area contributed by atoms with Gasteiger partial charge in [-0.25, -0.2) is 0 Å². The lowest BCUT2D eigenvalue weighted by Gasteiger charge is -2.34. The molecular weight excluding hydrogens is 326 g/mol. The molecule has 0 bridgehead atoms. The minimum Gasteiger partial charge on any atom is -0.480 e. The van der Waals surface area contributed by atoms with Crippen molar-refractivity contribution in [2.45, 2.75) is 103 Å². The van der Waals surface area contributed by atoms with Gasteiger partial charge in [0.15, 0.2) is 0 Å². The Morgan fingerprint density at radius 3 is 1.67 bits per heavy atom. The molecule has 0 fully saturated rings. The summed E-state index contributed by atoms with van der Waals surface area (Å²) in [6.07, 6.45) is 12.4. The SMILES string of the molecule is CCCCCCCCCCCCN(C(C)N)C(C(=O)O)C(C)N.Cl. The molecule has 146 valence electrons. The average Bonchev–Trinajstić information content (AvgIpc) is 2.46. The fourth-order valence-corrected chi connectivity index (χ4v) is 3.05. The van der Waals surface area contributed by atoms with Gasteiger partial charge in [0, 0.05) is 12.6 Å². The maximum Gasteiger partial charge on any atom is 0.322 e. The van der Waals surface area contributed by atoms with E-state index >= 15 is 0 Å². The summed E-state index contributed by atoms with van der Waals surface area (Å²) in [4.78, 5) is 13.2. The standard InChI is InChI=1S/C18H39N3O2.ClH/c1-4-5-6-7-8-9-10-11-12-13-14-21(16(3)20)17(15(2)19)18(22)23;/h15-17H,4-14,19-20H2,1-3H3,(H,22,23);1H. The number of halogens is 1. The quantitative estimate of drug-likeness (QED) is 0.303. The van der Waals surface area contributed by atoms with Crippen molar-refractivity contribution in [2.24, 2.45) is 11.5 Å². The Labute approximate surface area is 154 Å². The molecule has 0 aromatic carbocycles. The van der Waals surface area contributed by atoms with E-state index in [1.54, 1.807) is 6.92 Å². The second kappa shape index (κ2) is 16.1. The summed E-state index contributed by atoms with van der Waals surface area (Å²) >= 11 is 0. The number of aliphatic carboxylic acids is 1. The summed E-state index contributed by atoms with van der Waals surface area (Å²) in [6.45, 7) is 6.50. The van der Waals surface area contributed by atoms with Gasteiger partial charge in [-0.05, 0) is 20.3 Å². The number of hydrogen-bond donors (Lipinski definition) is 3. The summed E-state index contributed by atoms with van der Waals surface area (Å²) in [7, 11) is 0. The molecule has 0 aliphatic heterocycles. The molecule has 0 aliphatic carbocycles. The molecule has 5 nitrogen and oxygen atoms in total. The maximum atomic E-state index is 11.4. The van der Waals surface area contributed by atoms with Crippen LogP contribution in [0.1, 0.15) is 85.0 Å². The van der Waals surface area contributed by atoms with Gasteiger partial charge in [0.25, 0.3) is 0 Å². The van der Waals surface area contributed by atoms with Crippen LogP contribution in [0.5, 0.6) is 0 Å². The third kappa shape index (κ3) is 12.1. The first-order chi connectivity index (χ1) is 10.9. The molecule has 24 heavy (non-hydrogen) atoms. The molecule has 6 heteroatoms. The van der Waals surface area contributed by atoms with E-state index in [9.17, 15) is 9.90 Å². The number of carbonyl (C=O) groups is 1. The van der Waals surface area contributed by atoms with Crippen molar-refractivity contribution in [1.82, 2.24) is 4.90 Å². The summed E-state index contributed by atoms with van der Waals surface area (Å²) in [6, 6.07) is -1.13. The summed E-state index contributed by atoms with van der Waals surface area (Å²) in [5.74, 6) is -0.885. The van der Waals surface area contributed by atoms with E-state index in [1.807, 2.05) is 11.8 Å². The van der Waals surface area contributed by atoms with Crippen LogP contribution < -0.4 is 11.5 Å². The van der Waals surface area contributed by atoms with Gasteiger partial charge in [-0.15, -0.1) is 12.4 Å². The van der Waals surface area contributed by atoms with E-state index in [-0.39, 0.29) is 18.6 Å². The topological polar surface area (TPSA) is 92.6 Å². The van der Waals surface area contributed by atoms with Crippen molar-refractivity contribution in [2.75, 3.05) is 6.54 Å². The van der Waals surface area contributed by atoms with Gasteiger partial charge in [0.2, 0.25) is 0 Å². The number of rotatable bonds is 15. The molecule has 0 aromatic heterocycles. The molecule has 0 radical (unpaired) electrons. The normalized spacial score (nSPS) is 14.9. The zero-order chi connectivity index (χ0) is 17.7. The first-order valence-electron chi connectivity index (χ1n) is 9.41. The zero-order valence-electron chi connectivity index (χ0n) is 15.9. The third-order valence-electron chi connectivity index (χ3n) is 4.40. The van der Waals surface area contributed by atoms with Crippen molar-refractivity contribution in [3.63, 3.8) is 0 Å². The van der Waals surface area contributed by atoms with Crippen LogP contribution in [0.25, 0.3) is 0 Å². The second-order valence-corrected chi connectivity index (χ2v) is 6.80. The second-order valence-electron chi connectivity index (χ2n) is 6.80. The Kier molecular flexibility index (Phi) is 17.4. The lowest BCUT2D eigenvalue weighted by atomic mass is 10.1. The molecular formula is C18H40ClN3O2. The highest BCUT2D eigenvalue weighted by atomic mass is 35.5.